The first-order valence-corrected chi connectivity index (χ1v) is 15.1. The lowest BCUT2D eigenvalue weighted by atomic mass is 10.0. The highest BCUT2D eigenvalue weighted by Crippen LogP contribution is 2.41. The second-order valence-electron chi connectivity index (χ2n) is 9.82. The second-order valence-corrected chi connectivity index (χ2v) is 11.6. The Morgan fingerprint density at radius 3 is 1.55 bits per heavy atom. The first-order chi connectivity index (χ1) is 20.7. The lowest BCUT2D eigenvalue weighted by Crippen LogP contribution is -2.08. The van der Waals surface area contributed by atoms with Crippen LogP contribution >= 0.6 is 31.9 Å². The molecule has 202 valence electrons. The fourth-order valence-corrected chi connectivity index (χ4v) is 6.52. The van der Waals surface area contributed by atoms with E-state index in [1.54, 1.807) is 0 Å². The van der Waals surface area contributed by atoms with Crippen LogP contribution in [0.4, 0.5) is 0 Å². The maximum atomic E-state index is 5.41. The number of hydrogen-bond donors (Lipinski definition) is 0. The average molecular weight is 672 g/mol. The Labute approximate surface area is 261 Å². The van der Waals surface area contributed by atoms with E-state index in [2.05, 4.69) is 144 Å². The normalized spacial score (nSPS) is 11.1. The summed E-state index contributed by atoms with van der Waals surface area (Å²) in [4.78, 5) is 10.4. The van der Waals surface area contributed by atoms with Crippen molar-refractivity contribution in [2.75, 3.05) is 0 Å². The zero-order valence-corrected chi connectivity index (χ0v) is 25.6. The van der Waals surface area contributed by atoms with Crippen molar-refractivity contribution in [2.24, 2.45) is 0 Å². The standard InChI is InChI=1S/C36H24Br2N4/c37-29-21-22-31(30(38)23-29)42-35(28-19-11-4-12-20-28)33(26-15-7-2-8-16-26)40-36(42)41-24-39-32(25-13-5-1-6-14-25)34(41)27-17-9-3-10-18-27/h1-24H. The molecular weight excluding hydrogens is 648 g/mol. The van der Waals surface area contributed by atoms with Crippen molar-refractivity contribution in [2.45, 2.75) is 0 Å². The molecule has 5 aromatic carbocycles. The molecule has 0 spiro atoms. The van der Waals surface area contributed by atoms with E-state index in [9.17, 15) is 0 Å². The van der Waals surface area contributed by atoms with Gasteiger partial charge in [-0.1, -0.05) is 137 Å². The zero-order chi connectivity index (χ0) is 28.5. The molecule has 0 unspecified atom stereocenters. The molecule has 2 aromatic heterocycles. The van der Waals surface area contributed by atoms with Crippen LogP contribution in [0, 0.1) is 0 Å². The Morgan fingerprint density at radius 1 is 0.500 bits per heavy atom. The average Bonchev–Trinajstić information content (AvgIpc) is 3.65. The lowest BCUT2D eigenvalue weighted by Gasteiger charge is -2.17. The molecule has 0 aliphatic carbocycles. The van der Waals surface area contributed by atoms with Gasteiger partial charge in [-0.15, -0.1) is 0 Å². The molecule has 7 rings (SSSR count). The van der Waals surface area contributed by atoms with E-state index < -0.39 is 0 Å². The largest absolute Gasteiger partial charge is 0.276 e. The number of rotatable bonds is 6. The first-order valence-electron chi connectivity index (χ1n) is 13.6. The molecule has 0 saturated heterocycles. The van der Waals surface area contributed by atoms with E-state index in [0.717, 1.165) is 65.6 Å². The van der Waals surface area contributed by atoms with Gasteiger partial charge in [-0.3, -0.25) is 9.13 Å². The van der Waals surface area contributed by atoms with Crippen LogP contribution in [0.3, 0.4) is 0 Å². The summed E-state index contributed by atoms with van der Waals surface area (Å²) in [6.07, 6.45) is 1.89. The molecule has 0 fully saturated rings. The number of halogens is 2. The van der Waals surface area contributed by atoms with E-state index in [0.29, 0.717) is 0 Å². The predicted molar refractivity (Wildman–Crippen MR) is 178 cm³/mol. The minimum absolute atomic E-state index is 0.740. The van der Waals surface area contributed by atoms with E-state index in [-0.39, 0.29) is 0 Å². The number of nitrogens with zero attached hydrogens (tertiary/aromatic N) is 4. The highest BCUT2D eigenvalue weighted by molar-refractivity contribution is 9.11. The van der Waals surface area contributed by atoms with Crippen molar-refractivity contribution < 1.29 is 0 Å². The molecular formula is C36H24Br2N4. The monoisotopic (exact) mass is 670 g/mol. The van der Waals surface area contributed by atoms with Gasteiger partial charge in [-0.2, -0.15) is 0 Å². The van der Waals surface area contributed by atoms with Crippen LogP contribution in [0.5, 0.6) is 0 Å². The summed E-state index contributed by atoms with van der Waals surface area (Å²) in [6.45, 7) is 0. The van der Waals surface area contributed by atoms with Gasteiger partial charge in [0.2, 0.25) is 5.95 Å². The van der Waals surface area contributed by atoms with Crippen molar-refractivity contribution in [3.05, 3.63) is 155 Å². The number of hydrogen-bond acceptors (Lipinski definition) is 2. The van der Waals surface area contributed by atoms with Gasteiger partial charge in [0.15, 0.2) is 0 Å². The summed E-state index contributed by atoms with van der Waals surface area (Å²) in [5.41, 5.74) is 8.92. The third-order valence-electron chi connectivity index (χ3n) is 7.18. The zero-order valence-electron chi connectivity index (χ0n) is 22.4. The van der Waals surface area contributed by atoms with Crippen LogP contribution in [-0.2, 0) is 0 Å². The van der Waals surface area contributed by atoms with E-state index in [4.69, 9.17) is 9.97 Å². The third-order valence-corrected chi connectivity index (χ3v) is 8.31. The Morgan fingerprint density at radius 2 is 1.00 bits per heavy atom. The Balaban J connectivity index is 1.61. The fraction of sp³-hybridized carbons (Fsp3) is 0. The topological polar surface area (TPSA) is 35.6 Å². The molecule has 0 saturated carbocycles. The van der Waals surface area contributed by atoms with Gasteiger partial charge < -0.3 is 0 Å². The van der Waals surface area contributed by atoms with Gasteiger partial charge in [0.25, 0.3) is 0 Å². The summed E-state index contributed by atoms with van der Waals surface area (Å²) < 4.78 is 6.28. The van der Waals surface area contributed by atoms with Gasteiger partial charge in [-0.05, 0) is 34.1 Å². The molecule has 0 radical (unpaired) electrons. The smallest absolute Gasteiger partial charge is 0.221 e. The van der Waals surface area contributed by atoms with Crippen LogP contribution in [0.25, 0.3) is 56.7 Å². The van der Waals surface area contributed by atoms with Gasteiger partial charge in [0.05, 0.1) is 28.5 Å². The highest BCUT2D eigenvalue weighted by Gasteiger charge is 2.26. The molecule has 0 amide bonds. The molecule has 42 heavy (non-hydrogen) atoms. The van der Waals surface area contributed by atoms with Crippen molar-refractivity contribution >= 4 is 31.9 Å². The summed E-state index contributed by atoms with van der Waals surface area (Å²) in [7, 11) is 0. The molecule has 7 aromatic rings. The molecule has 0 N–H and O–H groups in total. The van der Waals surface area contributed by atoms with E-state index >= 15 is 0 Å². The molecule has 0 bridgehead atoms. The van der Waals surface area contributed by atoms with Gasteiger partial charge in [0, 0.05) is 31.2 Å². The fourth-order valence-electron chi connectivity index (χ4n) is 5.30. The van der Waals surface area contributed by atoms with Crippen LogP contribution in [0.15, 0.2) is 155 Å². The van der Waals surface area contributed by atoms with Gasteiger partial charge in [0.1, 0.15) is 6.33 Å². The maximum Gasteiger partial charge on any atom is 0.221 e. The quantitative estimate of drug-likeness (QED) is 0.176. The van der Waals surface area contributed by atoms with Crippen molar-refractivity contribution in [3.8, 4) is 56.7 Å². The Bertz CT molecular complexity index is 1980. The minimum Gasteiger partial charge on any atom is -0.276 e. The van der Waals surface area contributed by atoms with Gasteiger partial charge in [-0.25, -0.2) is 9.97 Å². The van der Waals surface area contributed by atoms with Crippen molar-refractivity contribution in [1.82, 2.24) is 19.1 Å². The molecule has 0 aliphatic rings. The third kappa shape index (κ3) is 4.83. The summed E-state index contributed by atoms with van der Waals surface area (Å²) in [6, 6.07) is 47.8. The summed E-state index contributed by atoms with van der Waals surface area (Å²) in [5, 5.41) is 0. The van der Waals surface area contributed by atoms with Crippen LogP contribution < -0.4 is 0 Å². The predicted octanol–water partition coefficient (Wildman–Crippen LogP) is 10.3. The van der Waals surface area contributed by atoms with E-state index in [1.807, 2.05) is 42.7 Å². The van der Waals surface area contributed by atoms with Crippen LogP contribution in [0.2, 0.25) is 0 Å². The molecule has 6 heteroatoms. The van der Waals surface area contributed by atoms with Crippen molar-refractivity contribution in [1.29, 1.82) is 0 Å². The number of benzene rings is 5. The second kappa shape index (κ2) is 11.4. The van der Waals surface area contributed by atoms with E-state index in [1.165, 1.54) is 0 Å². The Kier molecular flexibility index (Phi) is 7.16. The minimum atomic E-state index is 0.740. The maximum absolute atomic E-state index is 5.41. The number of imidazole rings is 2. The molecule has 4 nitrogen and oxygen atoms in total. The van der Waals surface area contributed by atoms with Crippen LogP contribution in [-0.4, -0.2) is 19.1 Å². The molecule has 0 atom stereocenters. The molecule has 0 aliphatic heterocycles. The summed E-state index contributed by atoms with van der Waals surface area (Å²) in [5.74, 6) is 0.740. The van der Waals surface area contributed by atoms with Crippen molar-refractivity contribution in [3.63, 3.8) is 0 Å². The highest BCUT2D eigenvalue weighted by atomic mass is 79.9. The first kappa shape index (κ1) is 26.4. The van der Waals surface area contributed by atoms with Gasteiger partial charge >= 0.3 is 0 Å². The lowest BCUT2D eigenvalue weighted by molar-refractivity contribution is 0.894. The molecule has 2 heterocycles. The number of aromatic nitrogens is 4. The SMILES string of the molecule is Brc1ccc(-n2c(-n3cnc(-c4ccccc4)c3-c3ccccc3)nc(-c3ccccc3)c2-c2ccccc2)c(Br)c1. The van der Waals surface area contributed by atoms with Crippen LogP contribution in [0.1, 0.15) is 0 Å². The summed E-state index contributed by atoms with van der Waals surface area (Å²) >= 11 is 7.50. The Hall–Kier alpha value is -4.52.